The molecule has 1 N–H and O–H groups in total. The van der Waals surface area contributed by atoms with Crippen LogP contribution in [-0.2, 0) is 4.28 Å². The molecule has 0 unspecified atom stereocenters. The van der Waals surface area contributed by atoms with Gasteiger partial charge in [-0.05, 0) is 12.8 Å². The molecule has 11 heavy (non-hydrogen) atoms. The minimum atomic E-state index is 0. The summed E-state index contributed by atoms with van der Waals surface area (Å²) < 4.78 is 4.89. The van der Waals surface area contributed by atoms with Crippen molar-refractivity contribution in [3.05, 3.63) is 0 Å². The van der Waals surface area contributed by atoms with Gasteiger partial charge in [0.15, 0.2) is 0 Å². The zero-order valence-corrected chi connectivity index (χ0v) is 7.64. The molecule has 0 spiro atoms. The lowest BCUT2D eigenvalue weighted by atomic mass is 9.96. The van der Waals surface area contributed by atoms with Crippen molar-refractivity contribution in [2.24, 2.45) is 0 Å². The van der Waals surface area contributed by atoms with Crippen molar-refractivity contribution in [3.63, 3.8) is 0 Å². The Bertz CT molecular complexity index is 112. The van der Waals surface area contributed by atoms with Gasteiger partial charge in [0.2, 0.25) is 0 Å². The van der Waals surface area contributed by atoms with Crippen LogP contribution in [0.25, 0.3) is 0 Å². The lowest BCUT2D eigenvalue weighted by molar-refractivity contribution is -0.303. The summed E-state index contributed by atoms with van der Waals surface area (Å²) >= 11 is 1.18. The second-order valence-corrected chi connectivity index (χ2v) is 3.32. The predicted octanol–water partition coefficient (Wildman–Crippen LogP) is 2.47. The van der Waals surface area contributed by atoms with E-state index in [1.807, 2.05) is 0 Å². The number of rotatable bonds is 3. The zero-order chi connectivity index (χ0) is 8.10. The van der Waals surface area contributed by atoms with Crippen molar-refractivity contribution >= 4 is 12.0 Å². The number of hydroxylamine groups is 2. The van der Waals surface area contributed by atoms with Crippen LogP contribution in [0.1, 0.15) is 33.5 Å². The molecule has 0 aromatic carbocycles. The molecule has 0 aromatic rings. The first-order valence-corrected chi connectivity index (χ1v) is 5.18. The third kappa shape index (κ3) is 2.99. The van der Waals surface area contributed by atoms with Crippen molar-refractivity contribution in [1.29, 1.82) is 0 Å². The minimum Gasteiger partial charge on any atom is -0.288 e. The van der Waals surface area contributed by atoms with E-state index in [0.29, 0.717) is 0 Å². The molecule has 0 aliphatic heterocycles. The Kier molecular flexibility index (Phi) is 4.22. The molecule has 68 valence electrons. The third-order valence-corrected chi connectivity index (χ3v) is 2.34. The highest BCUT2D eigenvalue weighted by Gasteiger charge is 2.20. The van der Waals surface area contributed by atoms with Gasteiger partial charge in [0.25, 0.3) is 0 Å². The van der Waals surface area contributed by atoms with Crippen LogP contribution in [0.5, 0.6) is 0 Å². The molecule has 1 aliphatic carbocycles. The molecule has 1 saturated carbocycles. The molecular weight excluding hydrogens is 162 g/mol. The van der Waals surface area contributed by atoms with E-state index < -0.39 is 0 Å². The SMILES string of the molecule is CSON(O)C1CCCCC1.[HH]. The molecule has 4 heteroatoms. The summed E-state index contributed by atoms with van der Waals surface area (Å²) in [6, 6.07) is 0.219. The first-order valence-electron chi connectivity index (χ1n) is 4.03. The third-order valence-electron chi connectivity index (χ3n) is 2.04. The van der Waals surface area contributed by atoms with Gasteiger partial charge in [-0.25, -0.2) is 4.28 Å². The van der Waals surface area contributed by atoms with Crippen LogP contribution in [0.4, 0.5) is 0 Å². The van der Waals surface area contributed by atoms with E-state index in [2.05, 4.69) is 0 Å². The number of nitrogens with zero attached hydrogens (tertiary/aromatic N) is 1. The van der Waals surface area contributed by atoms with E-state index in [4.69, 9.17) is 4.28 Å². The predicted molar refractivity (Wildman–Crippen MR) is 47.2 cm³/mol. The molecule has 0 atom stereocenters. The summed E-state index contributed by atoms with van der Waals surface area (Å²) in [5.41, 5.74) is 0. The van der Waals surface area contributed by atoms with Crippen LogP contribution in [0, 0.1) is 0 Å². The summed E-state index contributed by atoms with van der Waals surface area (Å²) in [4.78, 5) is 0. The maximum Gasteiger partial charge on any atom is 0.0637 e. The second kappa shape index (κ2) is 4.98. The smallest absolute Gasteiger partial charge is 0.0637 e. The highest BCUT2D eigenvalue weighted by Crippen LogP contribution is 2.22. The summed E-state index contributed by atoms with van der Waals surface area (Å²) in [5, 5.41) is 10.3. The minimum absolute atomic E-state index is 0. The molecule has 3 nitrogen and oxygen atoms in total. The summed E-state index contributed by atoms with van der Waals surface area (Å²) in [6.07, 6.45) is 7.61. The van der Waals surface area contributed by atoms with E-state index in [0.717, 1.165) is 18.1 Å². The lowest BCUT2D eigenvalue weighted by Crippen LogP contribution is -2.32. The molecule has 0 saturated heterocycles. The van der Waals surface area contributed by atoms with E-state index in [-0.39, 0.29) is 7.47 Å². The Labute approximate surface area is 73.3 Å². The largest absolute Gasteiger partial charge is 0.288 e. The van der Waals surface area contributed by atoms with Crippen LogP contribution in [-0.4, -0.2) is 22.7 Å². The van der Waals surface area contributed by atoms with Crippen LogP contribution >= 0.6 is 12.0 Å². The zero-order valence-electron chi connectivity index (χ0n) is 6.82. The van der Waals surface area contributed by atoms with E-state index >= 15 is 0 Å². The molecule has 0 aromatic heterocycles. The van der Waals surface area contributed by atoms with Gasteiger partial charge in [-0.3, -0.25) is 5.21 Å². The first kappa shape index (κ1) is 9.32. The van der Waals surface area contributed by atoms with Crippen molar-refractivity contribution < 1.29 is 10.9 Å². The van der Waals surface area contributed by atoms with Crippen LogP contribution < -0.4 is 0 Å². The van der Waals surface area contributed by atoms with Crippen molar-refractivity contribution in [3.8, 4) is 0 Å². The Morgan fingerprint density at radius 2 is 2.09 bits per heavy atom. The molecule has 0 bridgehead atoms. The molecule has 1 rings (SSSR count). The average Bonchev–Trinajstić information content (AvgIpc) is 2.07. The maximum atomic E-state index is 9.26. The topological polar surface area (TPSA) is 32.7 Å². The maximum absolute atomic E-state index is 9.26. The monoisotopic (exact) mass is 179 g/mol. The van der Waals surface area contributed by atoms with Crippen LogP contribution in [0.2, 0.25) is 0 Å². The van der Waals surface area contributed by atoms with E-state index in [1.54, 1.807) is 6.26 Å². The van der Waals surface area contributed by atoms with Gasteiger partial charge in [0.1, 0.15) is 0 Å². The fraction of sp³-hybridized carbons (Fsp3) is 1.00. The van der Waals surface area contributed by atoms with E-state index in [1.165, 1.54) is 31.3 Å². The van der Waals surface area contributed by atoms with Crippen molar-refractivity contribution in [2.75, 3.05) is 6.26 Å². The molecular formula is C7H17NO2S. The Morgan fingerprint density at radius 3 is 2.64 bits per heavy atom. The van der Waals surface area contributed by atoms with Gasteiger partial charge in [0, 0.05) is 19.7 Å². The van der Waals surface area contributed by atoms with E-state index in [9.17, 15) is 5.21 Å². The number of hydrogen-bond acceptors (Lipinski definition) is 4. The normalized spacial score (nSPS) is 21.0. The Morgan fingerprint density at radius 1 is 1.45 bits per heavy atom. The first-order chi connectivity index (χ1) is 5.34. The standard InChI is InChI=1S/C7H15NO2S.H2/c1-11-10-8(9)7-5-3-2-4-6-7;/h7,9H,2-6H2,1H3;1H. The Hall–Kier alpha value is 0.230. The molecule has 1 aliphatic rings. The fourth-order valence-corrected chi connectivity index (χ4v) is 1.71. The van der Waals surface area contributed by atoms with Crippen molar-refractivity contribution in [2.45, 2.75) is 38.1 Å². The van der Waals surface area contributed by atoms with Gasteiger partial charge < -0.3 is 0 Å². The second-order valence-electron chi connectivity index (χ2n) is 2.84. The summed E-state index contributed by atoms with van der Waals surface area (Å²) in [7, 11) is 0. The number of hydrogen-bond donors (Lipinski definition) is 1. The summed E-state index contributed by atoms with van der Waals surface area (Å²) in [6.45, 7) is 0. The highest BCUT2D eigenvalue weighted by atomic mass is 32.2. The van der Waals surface area contributed by atoms with Gasteiger partial charge in [-0.2, -0.15) is 0 Å². The average molecular weight is 179 g/mol. The van der Waals surface area contributed by atoms with Gasteiger partial charge in [0.05, 0.1) is 6.04 Å². The molecule has 0 amide bonds. The fourth-order valence-electron chi connectivity index (χ4n) is 1.44. The summed E-state index contributed by atoms with van der Waals surface area (Å²) in [5.74, 6) is 0. The highest BCUT2D eigenvalue weighted by molar-refractivity contribution is 7.93. The molecule has 0 heterocycles. The van der Waals surface area contributed by atoms with Gasteiger partial charge in [-0.15, -0.1) is 0 Å². The Balaban J connectivity index is 0.00000121. The quantitative estimate of drug-likeness (QED) is 0.533. The van der Waals surface area contributed by atoms with Crippen molar-refractivity contribution in [1.82, 2.24) is 5.23 Å². The van der Waals surface area contributed by atoms with Crippen LogP contribution in [0.3, 0.4) is 0 Å². The van der Waals surface area contributed by atoms with Crippen LogP contribution in [0.15, 0.2) is 0 Å². The molecule has 1 fully saturated rings. The van der Waals surface area contributed by atoms with Gasteiger partial charge in [-0.1, -0.05) is 24.5 Å². The van der Waals surface area contributed by atoms with Gasteiger partial charge >= 0.3 is 0 Å². The molecule has 0 radical (unpaired) electrons. The lowest BCUT2D eigenvalue weighted by Gasteiger charge is -2.26.